The highest BCUT2D eigenvalue weighted by Crippen LogP contribution is 2.29. The molecule has 0 aliphatic carbocycles. The topological polar surface area (TPSA) is 34.5 Å². The van der Waals surface area contributed by atoms with Crippen molar-refractivity contribution in [3.05, 3.63) is 30.5 Å². The quantitative estimate of drug-likeness (QED) is 0.841. The molecule has 0 N–H and O–H groups in total. The van der Waals surface area contributed by atoms with Gasteiger partial charge in [-0.15, -0.1) is 0 Å². The Morgan fingerprint density at radius 3 is 2.63 bits per heavy atom. The van der Waals surface area contributed by atoms with E-state index >= 15 is 0 Å². The fraction of sp³-hybridized carbons (Fsp3) is 0.400. The maximum Gasteiger partial charge on any atom is 0.414 e. The lowest BCUT2D eigenvalue weighted by Gasteiger charge is -2.19. The SMILES string of the molecule is CCOC(=O)N(CC)c1cn(CC)c2ccccc12. The molecule has 0 spiro atoms. The molecular weight excluding hydrogens is 240 g/mol. The Kier molecular flexibility index (Phi) is 4.10. The van der Waals surface area contributed by atoms with Crippen molar-refractivity contribution in [3.63, 3.8) is 0 Å². The van der Waals surface area contributed by atoms with E-state index in [1.54, 1.807) is 4.90 Å². The molecule has 0 bridgehead atoms. The number of ether oxygens (including phenoxy) is 1. The number of aromatic nitrogens is 1. The van der Waals surface area contributed by atoms with E-state index in [1.165, 1.54) is 0 Å². The van der Waals surface area contributed by atoms with E-state index in [1.807, 2.05) is 38.2 Å². The highest BCUT2D eigenvalue weighted by atomic mass is 16.6. The van der Waals surface area contributed by atoms with Crippen molar-refractivity contribution in [3.8, 4) is 0 Å². The maximum atomic E-state index is 12.0. The van der Waals surface area contributed by atoms with Crippen molar-refractivity contribution in [1.29, 1.82) is 0 Å². The number of rotatable bonds is 4. The molecule has 0 atom stereocenters. The molecule has 1 amide bonds. The van der Waals surface area contributed by atoms with Crippen molar-refractivity contribution in [2.75, 3.05) is 18.1 Å². The monoisotopic (exact) mass is 260 g/mol. The van der Waals surface area contributed by atoms with Gasteiger partial charge in [-0.3, -0.25) is 4.90 Å². The highest BCUT2D eigenvalue weighted by Gasteiger charge is 2.19. The van der Waals surface area contributed by atoms with E-state index in [4.69, 9.17) is 4.74 Å². The summed E-state index contributed by atoms with van der Waals surface area (Å²) < 4.78 is 7.26. The summed E-state index contributed by atoms with van der Waals surface area (Å²) >= 11 is 0. The lowest BCUT2D eigenvalue weighted by atomic mass is 10.2. The van der Waals surface area contributed by atoms with Gasteiger partial charge in [-0.2, -0.15) is 0 Å². The second-order valence-electron chi connectivity index (χ2n) is 4.26. The highest BCUT2D eigenvalue weighted by molar-refractivity contribution is 6.01. The van der Waals surface area contributed by atoms with Gasteiger partial charge < -0.3 is 9.30 Å². The van der Waals surface area contributed by atoms with Crippen LogP contribution in [0, 0.1) is 0 Å². The summed E-state index contributed by atoms with van der Waals surface area (Å²) in [5, 5.41) is 1.08. The summed E-state index contributed by atoms with van der Waals surface area (Å²) in [4.78, 5) is 13.7. The van der Waals surface area contributed by atoms with Gasteiger partial charge in [0.05, 0.1) is 17.8 Å². The van der Waals surface area contributed by atoms with E-state index < -0.39 is 0 Å². The van der Waals surface area contributed by atoms with E-state index in [0.717, 1.165) is 23.1 Å². The fourth-order valence-corrected chi connectivity index (χ4v) is 2.30. The number of benzene rings is 1. The third-order valence-corrected chi connectivity index (χ3v) is 3.20. The summed E-state index contributed by atoms with van der Waals surface area (Å²) in [6, 6.07) is 8.11. The van der Waals surface area contributed by atoms with Gasteiger partial charge in [0, 0.05) is 24.7 Å². The van der Waals surface area contributed by atoms with Gasteiger partial charge >= 0.3 is 6.09 Å². The normalized spacial score (nSPS) is 10.7. The second-order valence-corrected chi connectivity index (χ2v) is 4.26. The lowest BCUT2D eigenvalue weighted by Crippen LogP contribution is -2.31. The van der Waals surface area contributed by atoms with E-state index in [9.17, 15) is 4.79 Å². The molecule has 1 aromatic carbocycles. The van der Waals surface area contributed by atoms with Crippen LogP contribution in [0.5, 0.6) is 0 Å². The Morgan fingerprint density at radius 2 is 2.00 bits per heavy atom. The average Bonchev–Trinajstić information content (AvgIpc) is 2.79. The maximum absolute atomic E-state index is 12.0. The molecule has 4 nitrogen and oxygen atoms in total. The van der Waals surface area contributed by atoms with Crippen molar-refractivity contribution >= 4 is 22.7 Å². The standard InChI is InChI=1S/C15H20N2O2/c1-4-16-11-14(12-9-7-8-10-13(12)16)17(5-2)15(18)19-6-3/h7-11H,4-6H2,1-3H3. The molecule has 0 saturated carbocycles. The first kappa shape index (κ1) is 13.5. The second kappa shape index (κ2) is 5.78. The van der Waals surface area contributed by atoms with Crippen LogP contribution in [0.2, 0.25) is 0 Å². The third-order valence-electron chi connectivity index (χ3n) is 3.20. The van der Waals surface area contributed by atoms with Crippen molar-refractivity contribution in [2.24, 2.45) is 0 Å². The lowest BCUT2D eigenvalue weighted by molar-refractivity contribution is 0.160. The molecule has 1 heterocycles. The third kappa shape index (κ3) is 2.43. The number of carbonyl (C=O) groups excluding carboxylic acids is 1. The predicted octanol–water partition coefficient (Wildman–Crippen LogP) is 3.64. The van der Waals surface area contributed by atoms with E-state index in [0.29, 0.717) is 13.2 Å². The van der Waals surface area contributed by atoms with Crippen LogP contribution in [-0.2, 0) is 11.3 Å². The summed E-state index contributed by atoms with van der Waals surface area (Å²) in [5.41, 5.74) is 2.06. The number of nitrogens with zero attached hydrogens (tertiary/aromatic N) is 2. The average molecular weight is 260 g/mol. The number of hydrogen-bond acceptors (Lipinski definition) is 2. The number of hydrogen-bond donors (Lipinski definition) is 0. The van der Waals surface area contributed by atoms with Gasteiger partial charge in [0.2, 0.25) is 0 Å². The molecule has 4 heteroatoms. The van der Waals surface area contributed by atoms with Crippen LogP contribution >= 0.6 is 0 Å². The van der Waals surface area contributed by atoms with Gasteiger partial charge in [-0.05, 0) is 26.8 Å². The number of aryl methyl sites for hydroxylation is 1. The molecular formula is C15H20N2O2. The zero-order chi connectivity index (χ0) is 13.8. The molecule has 2 aromatic rings. The van der Waals surface area contributed by atoms with Crippen LogP contribution in [0.25, 0.3) is 10.9 Å². The minimum absolute atomic E-state index is 0.288. The molecule has 0 unspecified atom stereocenters. The van der Waals surface area contributed by atoms with Gasteiger partial charge in [0.1, 0.15) is 0 Å². The molecule has 1 aromatic heterocycles. The molecule has 102 valence electrons. The summed E-state index contributed by atoms with van der Waals surface area (Å²) in [6.07, 6.45) is 1.73. The zero-order valence-corrected chi connectivity index (χ0v) is 11.7. The van der Waals surface area contributed by atoms with Gasteiger partial charge in [-0.1, -0.05) is 18.2 Å². The molecule has 0 aliphatic heterocycles. The van der Waals surface area contributed by atoms with Gasteiger partial charge in [-0.25, -0.2) is 4.79 Å². The predicted molar refractivity (Wildman–Crippen MR) is 77.7 cm³/mol. The first-order chi connectivity index (χ1) is 9.22. The van der Waals surface area contributed by atoms with Crippen LogP contribution in [0.1, 0.15) is 20.8 Å². The molecule has 0 fully saturated rings. The molecule has 0 saturated heterocycles. The number of para-hydroxylation sites is 1. The van der Waals surface area contributed by atoms with Crippen LogP contribution in [-0.4, -0.2) is 23.8 Å². The Labute approximate surface area is 113 Å². The van der Waals surface area contributed by atoms with Crippen LogP contribution in [0.4, 0.5) is 10.5 Å². The zero-order valence-electron chi connectivity index (χ0n) is 11.7. The van der Waals surface area contributed by atoms with Crippen LogP contribution in [0.15, 0.2) is 30.5 Å². The Balaban J connectivity index is 2.51. The van der Waals surface area contributed by atoms with Crippen LogP contribution < -0.4 is 4.90 Å². The van der Waals surface area contributed by atoms with Crippen molar-refractivity contribution in [1.82, 2.24) is 4.57 Å². The minimum atomic E-state index is -0.288. The number of anilines is 1. The van der Waals surface area contributed by atoms with E-state index in [-0.39, 0.29) is 6.09 Å². The van der Waals surface area contributed by atoms with E-state index in [2.05, 4.69) is 17.6 Å². The number of carbonyl (C=O) groups is 1. The number of amides is 1. The Bertz CT molecular complexity index is 575. The summed E-state index contributed by atoms with van der Waals surface area (Å²) in [5.74, 6) is 0. The van der Waals surface area contributed by atoms with Gasteiger partial charge in [0.25, 0.3) is 0 Å². The first-order valence-corrected chi connectivity index (χ1v) is 6.75. The Hall–Kier alpha value is -1.97. The summed E-state index contributed by atoms with van der Waals surface area (Å²) in [7, 11) is 0. The summed E-state index contributed by atoms with van der Waals surface area (Å²) in [6.45, 7) is 7.73. The molecule has 2 rings (SSSR count). The minimum Gasteiger partial charge on any atom is -0.449 e. The largest absolute Gasteiger partial charge is 0.449 e. The molecule has 0 radical (unpaired) electrons. The fourth-order valence-electron chi connectivity index (χ4n) is 2.30. The Morgan fingerprint density at radius 1 is 1.26 bits per heavy atom. The van der Waals surface area contributed by atoms with Gasteiger partial charge in [0.15, 0.2) is 0 Å². The molecule has 0 aliphatic rings. The molecule has 19 heavy (non-hydrogen) atoms. The smallest absolute Gasteiger partial charge is 0.414 e. The first-order valence-electron chi connectivity index (χ1n) is 6.75. The van der Waals surface area contributed by atoms with Crippen molar-refractivity contribution in [2.45, 2.75) is 27.3 Å². The van der Waals surface area contributed by atoms with Crippen molar-refractivity contribution < 1.29 is 9.53 Å². The number of fused-ring (bicyclic) bond motifs is 1. The van der Waals surface area contributed by atoms with Crippen LogP contribution in [0.3, 0.4) is 0 Å².